The number of esters is 1. The van der Waals surface area contributed by atoms with Gasteiger partial charge < -0.3 is 20.4 Å². The number of aromatic nitrogens is 2. The quantitative estimate of drug-likeness (QED) is 0.450. The minimum Gasteiger partial charge on any atom is -0.464 e. The second kappa shape index (κ2) is 8.37. The molecule has 1 fully saturated rings. The molecule has 0 radical (unpaired) electrons. The van der Waals surface area contributed by atoms with E-state index in [4.69, 9.17) is 0 Å². The Bertz CT molecular complexity index is 1080. The summed E-state index contributed by atoms with van der Waals surface area (Å²) in [5.74, 6) is -0.776. The number of H-pyrrole nitrogens is 1. The number of rotatable bonds is 6. The van der Waals surface area contributed by atoms with E-state index in [-0.39, 0.29) is 18.0 Å². The van der Waals surface area contributed by atoms with E-state index in [9.17, 15) is 14.4 Å². The van der Waals surface area contributed by atoms with Gasteiger partial charge in [0, 0.05) is 34.4 Å². The predicted octanol–water partition coefficient (Wildman–Crippen LogP) is 3.46. The van der Waals surface area contributed by atoms with Gasteiger partial charge >= 0.3 is 12.0 Å². The molecule has 0 spiro atoms. The number of anilines is 2. The van der Waals surface area contributed by atoms with E-state index in [1.165, 1.54) is 18.4 Å². The van der Waals surface area contributed by atoms with Gasteiger partial charge in [0.2, 0.25) is 0 Å². The molecule has 4 rings (SSSR count). The summed E-state index contributed by atoms with van der Waals surface area (Å²) in [7, 11) is 1.31. The summed E-state index contributed by atoms with van der Waals surface area (Å²) in [5.41, 5.74) is 2.71. The molecule has 2 heterocycles. The fraction of sp³-hybridized carbons (Fsp3) is 0.200. The number of hydrogen-bond donors (Lipinski definition) is 4. The van der Waals surface area contributed by atoms with E-state index in [1.54, 1.807) is 41.9 Å². The van der Waals surface area contributed by atoms with Crippen LogP contribution in [0.4, 0.5) is 15.6 Å². The Morgan fingerprint density at radius 1 is 1.17 bits per heavy atom. The molecule has 0 aliphatic heterocycles. The van der Waals surface area contributed by atoms with Crippen molar-refractivity contribution in [2.45, 2.75) is 18.9 Å². The molecule has 1 saturated carbocycles. The first-order valence-electron chi connectivity index (χ1n) is 9.23. The van der Waals surface area contributed by atoms with Crippen molar-refractivity contribution in [1.29, 1.82) is 0 Å². The minimum absolute atomic E-state index is 0.245. The summed E-state index contributed by atoms with van der Waals surface area (Å²) in [6, 6.07) is 8.27. The summed E-state index contributed by atoms with van der Waals surface area (Å²) < 4.78 is 4.67. The fourth-order valence-electron chi connectivity index (χ4n) is 2.69. The number of benzene rings is 1. The molecule has 2 aromatic heterocycles. The first-order valence-corrected chi connectivity index (χ1v) is 10.1. The average Bonchev–Trinajstić information content (AvgIpc) is 3.22. The van der Waals surface area contributed by atoms with Crippen LogP contribution in [0.3, 0.4) is 0 Å². The molecule has 4 N–H and O–H groups in total. The number of carbonyl (C=O) groups is 3. The van der Waals surface area contributed by atoms with Crippen molar-refractivity contribution in [3.8, 4) is 11.3 Å². The zero-order valence-electron chi connectivity index (χ0n) is 16.0. The van der Waals surface area contributed by atoms with Crippen LogP contribution in [0.2, 0.25) is 0 Å². The summed E-state index contributed by atoms with van der Waals surface area (Å²) in [5, 5.41) is 10.5. The Balaban J connectivity index is 1.36. The molecule has 0 unspecified atom stereocenters. The maximum Gasteiger partial charge on any atom is 0.354 e. The van der Waals surface area contributed by atoms with Crippen LogP contribution in [0.1, 0.15) is 33.7 Å². The van der Waals surface area contributed by atoms with E-state index in [1.807, 2.05) is 0 Å². The van der Waals surface area contributed by atoms with Gasteiger partial charge in [-0.15, -0.1) is 11.3 Å². The van der Waals surface area contributed by atoms with Gasteiger partial charge in [-0.2, -0.15) is 0 Å². The number of hydrogen-bond acceptors (Lipinski definition) is 6. The van der Waals surface area contributed by atoms with Crippen LogP contribution in [0.25, 0.3) is 11.3 Å². The first-order chi connectivity index (χ1) is 14.5. The van der Waals surface area contributed by atoms with Crippen LogP contribution in [0, 0.1) is 0 Å². The number of nitrogens with zero attached hydrogens (tertiary/aromatic N) is 1. The predicted molar refractivity (Wildman–Crippen MR) is 113 cm³/mol. The molecule has 0 atom stereocenters. The van der Waals surface area contributed by atoms with Crippen molar-refractivity contribution in [3.05, 3.63) is 53.2 Å². The van der Waals surface area contributed by atoms with Crippen LogP contribution >= 0.6 is 11.3 Å². The molecule has 0 bridgehead atoms. The van der Waals surface area contributed by atoms with Crippen LogP contribution in [-0.2, 0) is 4.74 Å². The van der Waals surface area contributed by atoms with Gasteiger partial charge in [0.25, 0.3) is 5.91 Å². The third-order valence-corrected chi connectivity index (χ3v) is 5.18. The first kappa shape index (κ1) is 19.6. The van der Waals surface area contributed by atoms with Crippen molar-refractivity contribution in [3.63, 3.8) is 0 Å². The SMILES string of the molecule is COC(=O)c1cc(-c2csc(NC(=O)c3ccc(NC(=O)NC4CC4)cc3)n2)c[nH]1. The summed E-state index contributed by atoms with van der Waals surface area (Å²) in [6.07, 6.45) is 3.68. The topological polar surface area (TPSA) is 125 Å². The third kappa shape index (κ3) is 4.66. The molecule has 1 aromatic carbocycles. The zero-order chi connectivity index (χ0) is 21.1. The summed E-state index contributed by atoms with van der Waals surface area (Å²) in [6.45, 7) is 0. The lowest BCUT2D eigenvalue weighted by atomic mass is 10.2. The monoisotopic (exact) mass is 425 g/mol. The number of nitrogens with one attached hydrogen (secondary N) is 4. The number of thiazole rings is 1. The lowest BCUT2D eigenvalue weighted by Crippen LogP contribution is -2.30. The van der Waals surface area contributed by atoms with E-state index in [0.29, 0.717) is 33.3 Å². The Morgan fingerprint density at radius 3 is 2.63 bits per heavy atom. The maximum atomic E-state index is 12.5. The van der Waals surface area contributed by atoms with Crippen LogP contribution in [-0.4, -0.2) is 41.0 Å². The molecule has 3 amide bonds. The largest absolute Gasteiger partial charge is 0.464 e. The number of carbonyl (C=O) groups excluding carboxylic acids is 3. The number of ether oxygens (including phenoxy) is 1. The Hall–Kier alpha value is -3.66. The van der Waals surface area contributed by atoms with Gasteiger partial charge in [0.15, 0.2) is 5.13 Å². The second-order valence-corrected chi connectivity index (χ2v) is 7.59. The molecule has 1 aliphatic rings. The van der Waals surface area contributed by atoms with Gasteiger partial charge in [-0.05, 0) is 43.2 Å². The number of amides is 3. The van der Waals surface area contributed by atoms with Gasteiger partial charge in [-0.25, -0.2) is 14.6 Å². The van der Waals surface area contributed by atoms with Crippen molar-refractivity contribution in [2.24, 2.45) is 0 Å². The van der Waals surface area contributed by atoms with E-state index < -0.39 is 5.97 Å². The Labute approximate surface area is 175 Å². The smallest absolute Gasteiger partial charge is 0.354 e. The Morgan fingerprint density at radius 2 is 1.93 bits per heavy atom. The van der Waals surface area contributed by atoms with Gasteiger partial charge in [0.05, 0.1) is 12.8 Å². The minimum atomic E-state index is -0.465. The fourth-order valence-corrected chi connectivity index (χ4v) is 3.40. The Kier molecular flexibility index (Phi) is 5.48. The van der Waals surface area contributed by atoms with Crippen molar-refractivity contribution < 1.29 is 19.1 Å². The second-order valence-electron chi connectivity index (χ2n) is 6.74. The number of aromatic amines is 1. The molecule has 154 valence electrons. The zero-order valence-corrected chi connectivity index (χ0v) is 16.8. The van der Waals surface area contributed by atoms with Crippen molar-refractivity contribution in [2.75, 3.05) is 17.7 Å². The highest BCUT2D eigenvalue weighted by Crippen LogP contribution is 2.26. The average molecular weight is 425 g/mol. The van der Waals surface area contributed by atoms with E-state index >= 15 is 0 Å². The molecular formula is C20H19N5O4S. The van der Waals surface area contributed by atoms with Gasteiger partial charge in [-0.1, -0.05) is 0 Å². The van der Waals surface area contributed by atoms with Crippen molar-refractivity contribution in [1.82, 2.24) is 15.3 Å². The van der Waals surface area contributed by atoms with E-state index in [2.05, 4.69) is 30.7 Å². The lowest BCUT2D eigenvalue weighted by Gasteiger charge is -2.07. The molecule has 1 aliphatic carbocycles. The molecular weight excluding hydrogens is 406 g/mol. The maximum absolute atomic E-state index is 12.5. The summed E-state index contributed by atoms with van der Waals surface area (Å²) in [4.78, 5) is 43.0. The van der Waals surface area contributed by atoms with Crippen molar-refractivity contribution >= 4 is 40.1 Å². The van der Waals surface area contributed by atoms with Crippen LogP contribution < -0.4 is 16.0 Å². The molecule has 0 saturated heterocycles. The number of urea groups is 1. The standard InChI is InChI=1S/C20H19N5O4S/c1-29-18(27)15-8-12(9-21-15)16-10-30-20(24-16)25-17(26)11-2-4-13(5-3-11)22-19(28)23-14-6-7-14/h2-5,8-10,14,21H,6-7H2,1H3,(H2,22,23,28)(H,24,25,26). The molecule has 10 heteroatoms. The highest BCUT2D eigenvalue weighted by Gasteiger charge is 2.23. The number of methoxy groups -OCH3 is 1. The van der Waals surface area contributed by atoms with Crippen LogP contribution in [0.5, 0.6) is 0 Å². The lowest BCUT2D eigenvalue weighted by molar-refractivity contribution is 0.0594. The summed E-state index contributed by atoms with van der Waals surface area (Å²) >= 11 is 1.28. The highest BCUT2D eigenvalue weighted by atomic mass is 32.1. The third-order valence-electron chi connectivity index (χ3n) is 4.43. The molecule has 9 nitrogen and oxygen atoms in total. The normalized spacial score (nSPS) is 12.8. The molecule has 30 heavy (non-hydrogen) atoms. The van der Waals surface area contributed by atoms with Gasteiger partial charge in [-0.3, -0.25) is 10.1 Å². The molecule has 3 aromatic rings. The van der Waals surface area contributed by atoms with Crippen LogP contribution in [0.15, 0.2) is 41.9 Å². The van der Waals surface area contributed by atoms with E-state index in [0.717, 1.165) is 12.8 Å². The highest BCUT2D eigenvalue weighted by molar-refractivity contribution is 7.14. The van der Waals surface area contributed by atoms with Gasteiger partial charge in [0.1, 0.15) is 5.69 Å².